The van der Waals surface area contributed by atoms with Gasteiger partial charge in [-0.25, -0.2) is 4.79 Å². The second-order valence-electron chi connectivity index (χ2n) is 8.20. The van der Waals surface area contributed by atoms with E-state index in [2.05, 4.69) is 15.5 Å². The van der Waals surface area contributed by atoms with Crippen LogP contribution in [0.25, 0.3) is 11.6 Å². The fourth-order valence-electron chi connectivity index (χ4n) is 4.03. The minimum absolute atomic E-state index is 0.0912. The number of hydrogen-bond donors (Lipinski definition) is 1. The summed E-state index contributed by atoms with van der Waals surface area (Å²) in [5, 5.41) is 12.7. The minimum Gasteiger partial charge on any atom is -0.465 e. The molecule has 0 bridgehead atoms. The highest BCUT2D eigenvalue weighted by molar-refractivity contribution is 7.99. The maximum Gasteiger partial charge on any atom is 0.341 e. The number of nitrogens with one attached hydrogen (secondary N) is 1. The van der Waals surface area contributed by atoms with Crippen LogP contribution < -0.4 is 5.32 Å². The molecule has 10 heteroatoms. The summed E-state index contributed by atoms with van der Waals surface area (Å²) in [6, 6.07) is 3.73. The van der Waals surface area contributed by atoms with Gasteiger partial charge in [-0.15, -0.1) is 21.5 Å². The smallest absolute Gasteiger partial charge is 0.341 e. The van der Waals surface area contributed by atoms with Gasteiger partial charge >= 0.3 is 5.97 Å². The number of carbonyl (C=O) groups excluding carboxylic acids is 2. The Morgan fingerprint density at radius 3 is 2.73 bits per heavy atom. The van der Waals surface area contributed by atoms with Gasteiger partial charge in [0.1, 0.15) is 5.00 Å². The van der Waals surface area contributed by atoms with Crippen LogP contribution in [0.5, 0.6) is 0 Å². The second kappa shape index (κ2) is 10.6. The average molecular weight is 489 g/mol. The van der Waals surface area contributed by atoms with Gasteiger partial charge < -0.3 is 14.5 Å². The molecule has 0 saturated carbocycles. The molecule has 0 aliphatic heterocycles. The molecule has 4 rings (SSSR count). The first kappa shape index (κ1) is 23.6. The Hall–Kier alpha value is -2.59. The van der Waals surface area contributed by atoms with Crippen molar-refractivity contribution in [3.05, 3.63) is 34.4 Å². The van der Waals surface area contributed by atoms with Gasteiger partial charge in [-0.2, -0.15) is 0 Å². The summed E-state index contributed by atoms with van der Waals surface area (Å²) in [5.74, 6) is 0.817. The number of carbonyl (C=O) groups is 2. The molecular formula is C23H28N4O4S2. The van der Waals surface area contributed by atoms with E-state index < -0.39 is 5.97 Å². The molecule has 3 heterocycles. The molecule has 3 aromatic heterocycles. The molecule has 1 aliphatic rings. The molecule has 0 atom stereocenters. The Kier molecular flexibility index (Phi) is 7.54. The second-order valence-corrected chi connectivity index (χ2v) is 10.2. The summed E-state index contributed by atoms with van der Waals surface area (Å²) in [7, 11) is 1.38. The number of amides is 1. The van der Waals surface area contributed by atoms with E-state index in [0.717, 1.165) is 37.7 Å². The summed E-state index contributed by atoms with van der Waals surface area (Å²) in [5.41, 5.74) is 1.56. The fourth-order valence-corrected chi connectivity index (χ4v) is 6.19. The maximum absolute atomic E-state index is 12.9. The first-order valence-corrected chi connectivity index (χ1v) is 12.9. The number of anilines is 1. The molecule has 3 aromatic rings. The van der Waals surface area contributed by atoms with Crippen molar-refractivity contribution in [2.45, 2.75) is 63.6 Å². The summed E-state index contributed by atoms with van der Waals surface area (Å²) >= 11 is 2.81. The number of nitrogens with zero attached hydrogens (tertiary/aromatic N) is 3. The van der Waals surface area contributed by atoms with Gasteiger partial charge in [0.2, 0.25) is 11.7 Å². The van der Waals surface area contributed by atoms with E-state index in [4.69, 9.17) is 9.15 Å². The number of aromatic nitrogens is 3. The van der Waals surface area contributed by atoms with Crippen LogP contribution in [0.4, 0.5) is 5.00 Å². The lowest BCUT2D eigenvalue weighted by Gasteiger charge is -2.12. The Labute approximate surface area is 201 Å². The summed E-state index contributed by atoms with van der Waals surface area (Å²) < 4.78 is 12.5. The van der Waals surface area contributed by atoms with Crippen LogP contribution in [0.15, 0.2) is 28.0 Å². The molecule has 0 fully saturated rings. The van der Waals surface area contributed by atoms with Crippen LogP contribution >= 0.6 is 23.1 Å². The third-order valence-electron chi connectivity index (χ3n) is 5.57. The SMILES string of the molecule is COC(=O)c1c(NC(=O)CSc2nnc(-c3ccco3)n2C(C)C)sc2c1CCCCCC2. The number of ether oxygens (including phenoxy) is 1. The van der Waals surface area contributed by atoms with Gasteiger partial charge in [0.15, 0.2) is 10.9 Å². The lowest BCUT2D eigenvalue weighted by Crippen LogP contribution is -2.17. The quantitative estimate of drug-likeness (QED) is 0.353. The van der Waals surface area contributed by atoms with Crippen molar-refractivity contribution in [1.82, 2.24) is 14.8 Å². The number of thioether (sulfide) groups is 1. The van der Waals surface area contributed by atoms with E-state index in [9.17, 15) is 9.59 Å². The molecule has 0 saturated heterocycles. The average Bonchev–Trinajstić information content (AvgIpc) is 3.50. The molecule has 0 radical (unpaired) electrons. The van der Waals surface area contributed by atoms with E-state index in [1.165, 1.54) is 41.5 Å². The van der Waals surface area contributed by atoms with E-state index in [0.29, 0.717) is 27.3 Å². The third-order valence-corrected chi connectivity index (χ3v) is 7.72. The summed E-state index contributed by atoms with van der Waals surface area (Å²) in [6.07, 6.45) is 7.86. The Balaban J connectivity index is 1.51. The van der Waals surface area contributed by atoms with E-state index in [1.54, 1.807) is 12.3 Å². The number of thiophene rings is 1. The lowest BCUT2D eigenvalue weighted by atomic mass is 9.96. The standard InChI is InChI=1S/C23H28N4O4S2/c1-14(2)27-20(16-10-8-12-31-16)25-26-23(27)32-13-18(28)24-21-19(22(29)30-3)15-9-6-4-5-7-11-17(15)33-21/h8,10,12,14H,4-7,9,11,13H2,1-3H3,(H,24,28). The van der Waals surface area contributed by atoms with Gasteiger partial charge in [0, 0.05) is 10.9 Å². The molecule has 0 spiro atoms. The van der Waals surface area contributed by atoms with Crippen molar-refractivity contribution in [3.8, 4) is 11.6 Å². The number of furan rings is 1. The van der Waals surface area contributed by atoms with Crippen molar-refractivity contribution >= 4 is 40.0 Å². The predicted octanol–water partition coefficient (Wildman–Crippen LogP) is 5.36. The van der Waals surface area contributed by atoms with E-state index in [1.807, 2.05) is 24.5 Å². The Bertz CT molecular complexity index is 1120. The molecule has 1 N–H and O–H groups in total. The fraction of sp³-hybridized carbons (Fsp3) is 0.478. The zero-order valence-corrected chi connectivity index (χ0v) is 20.7. The highest BCUT2D eigenvalue weighted by Crippen LogP contribution is 2.38. The topological polar surface area (TPSA) is 99.2 Å². The van der Waals surface area contributed by atoms with Gasteiger partial charge in [0.25, 0.3) is 0 Å². The van der Waals surface area contributed by atoms with Gasteiger partial charge in [0.05, 0.1) is 24.7 Å². The van der Waals surface area contributed by atoms with Crippen molar-refractivity contribution in [2.75, 3.05) is 18.2 Å². The third kappa shape index (κ3) is 5.16. The van der Waals surface area contributed by atoms with Crippen molar-refractivity contribution in [3.63, 3.8) is 0 Å². The predicted molar refractivity (Wildman–Crippen MR) is 129 cm³/mol. The van der Waals surface area contributed by atoms with Crippen molar-refractivity contribution in [1.29, 1.82) is 0 Å². The first-order valence-electron chi connectivity index (χ1n) is 11.1. The van der Waals surface area contributed by atoms with Crippen LogP contribution in [-0.2, 0) is 22.4 Å². The van der Waals surface area contributed by atoms with Gasteiger partial charge in [-0.1, -0.05) is 24.6 Å². The molecule has 1 aliphatic carbocycles. The first-order chi connectivity index (χ1) is 16.0. The van der Waals surface area contributed by atoms with Crippen LogP contribution in [0, 0.1) is 0 Å². The van der Waals surface area contributed by atoms with E-state index in [-0.39, 0.29) is 17.7 Å². The van der Waals surface area contributed by atoms with Crippen LogP contribution in [0.2, 0.25) is 0 Å². The maximum atomic E-state index is 12.9. The highest BCUT2D eigenvalue weighted by Gasteiger charge is 2.26. The summed E-state index contributed by atoms with van der Waals surface area (Å²) in [4.78, 5) is 26.6. The Morgan fingerprint density at radius 2 is 2.03 bits per heavy atom. The molecule has 0 aromatic carbocycles. The number of rotatable bonds is 7. The summed E-state index contributed by atoms with van der Waals surface area (Å²) in [6.45, 7) is 4.06. The lowest BCUT2D eigenvalue weighted by molar-refractivity contribution is -0.113. The van der Waals surface area contributed by atoms with Crippen LogP contribution in [0.1, 0.15) is 66.4 Å². The largest absolute Gasteiger partial charge is 0.465 e. The molecule has 1 amide bonds. The molecule has 176 valence electrons. The monoisotopic (exact) mass is 488 g/mol. The normalized spacial score (nSPS) is 13.9. The van der Waals surface area contributed by atoms with Crippen molar-refractivity contribution in [2.24, 2.45) is 0 Å². The zero-order chi connectivity index (χ0) is 23.4. The Morgan fingerprint density at radius 1 is 1.24 bits per heavy atom. The van der Waals surface area contributed by atoms with Crippen molar-refractivity contribution < 1.29 is 18.7 Å². The molecular weight excluding hydrogens is 460 g/mol. The number of aryl methyl sites for hydroxylation is 1. The van der Waals surface area contributed by atoms with E-state index >= 15 is 0 Å². The zero-order valence-electron chi connectivity index (χ0n) is 19.1. The van der Waals surface area contributed by atoms with Crippen LogP contribution in [-0.4, -0.2) is 39.5 Å². The molecule has 33 heavy (non-hydrogen) atoms. The molecule has 0 unspecified atom stereocenters. The number of esters is 1. The van der Waals surface area contributed by atoms with Gasteiger partial charge in [-0.05, 0) is 57.2 Å². The van der Waals surface area contributed by atoms with Crippen LogP contribution in [0.3, 0.4) is 0 Å². The number of methoxy groups -OCH3 is 1. The number of hydrogen-bond acceptors (Lipinski definition) is 8. The highest BCUT2D eigenvalue weighted by atomic mass is 32.2. The minimum atomic E-state index is -0.390. The van der Waals surface area contributed by atoms with Gasteiger partial charge in [-0.3, -0.25) is 9.36 Å². The number of fused-ring (bicyclic) bond motifs is 1. The molecule has 8 nitrogen and oxygen atoms in total.